The maximum absolute atomic E-state index is 13.0. The second kappa shape index (κ2) is 7.37. The van der Waals surface area contributed by atoms with E-state index in [0.717, 1.165) is 4.70 Å². The van der Waals surface area contributed by atoms with Gasteiger partial charge in [-0.3, -0.25) is 9.69 Å². The van der Waals surface area contributed by atoms with Crippen LogP contribution in [0.25, 0.3) is 10.2 Å². The lowest BCUT2D eigenvalue weighted by Crippen LogP contribution is -2.38. The number of nitrogens with zero attached hydrogens (tertiary/aromatic N) is 5. The van der Waals surface area contributed by atoms with Crippen LogP contribution in [0.1, 0.15) is 10.6 Å². The summed E-state index contributed by atoms with van der Waals surface area (Å²) in [5.74, 6) is 0.0802. The van der Waals surface area contributed by atoms with E-state index in [9.17, 15) is 13.2 Å². The summed E-state index contributed by atoms with van der Waals surface area (Å²) in [4.78, 5) is 25.5. The van der Waals surface area contributed by atoms with Crippen molar-refractivity contribution >= 4 is 42.4 Å². The Morgan fingerprint density at radius 3 is 2.59 bits per heavy atom. The number of hydrogen-bond donors (Lipinski definition) is 0. The molecule has 2 aromatic heterocycles. The van der Waals surface area contributed by atoms with E-state index in [1.54, 1.807) is 41.0 Å². The van der Waals surface area contributed by atoms with E-state index in [2.05, 4.69) is 9.97 Å². The van der Waals surface area contributed by atoms with Crippen molar-refractivity contribution in [3.63, 3.8) is 0 Å². The fourth-order valence-electron chi connectivity index (χ4n) is 2.52. The molecule has 0 aliphatic rings. The Morgan fingerprint density at radius 2 is 2.00 bits per heavy atom. The Labute approximate surface area is 162 Å². The molecule has 0 bridgehead atoms. The van der Waals surface area contributed by atoms with E-state index in [0.29, 0.717) is 29.6 Å². The fraction of sp³-hybridized carbons (Fsp3) is 0.353. The first-order chi connectivity index (χ1) is 12.7. The second-order valence-corrected chi connectivity index (χ2v) is 9.54. The molecule has 0 saturated carbocycles. The van der Waals surface area contributed by atoms with Crippen molar-refractivity contribution in [2.45, 2.75) is 4.90 Å². The zero-order valence-corrected chi connectivity index (χ0v) is 17.2. The first-order valence-corrected chi connectivity index (χ1v) is 10.9. The van der Waals surface area contributed by atoms with E-state index < -0.39 is 9.84 Å². The number of likely N-dealkylation sites (N-methyl/N-ethyl adjacent to an activating group) is 1. The largest absolute Gasteiger partial charge is 0.330 e. The number of carbonyl (C=O) groups excluding carboxylic acids is 1. The van der Waals surface area contributed by atoms with Crippen molar-refractivity contribution < 1.29 is 13.2 Å². The zero-order valence-electron chi connectivity index (χ0n) is 15.6. The molecule has 3 aromatic rings. The fourth-order valence-corrected chi connectivity index (χ4v) is 4.27. The Morgan fingerprint density at radius 1 is 1.26 bits per heavy atom. The van der Waals surface area contributed by atoms with E-state index in [1.807, 2.05) is 19.0 Å². The Bertz CT molecular complexity index is 1090. The summed E-state index contributed by atoms with van der Waals surface area (Å²) in [6.07, 6.45) is 4.46. The standard InChI is InChI=1S/C17H21N5O3S2/c1-20(2)9-10-22(16(23)15-18-7-8-21(15)3)17-19-13-6-5-12(27(4,24)25)11-14(13)26-17/h5-8,11H,9-10H2,1-4H3. The van der Waals surface area contributed by atoms with Gasteiger partial charge in [0.1, 0.15) is 0 Å². The van der Waals surface area contributed by atoms with Crippen LogP contribution in [0.4, 0.5) is 5.13 Å². The third-order valence-corrected chi connectivity index (χ3v) is 6.19. The maximum atomic E-state index is 13.0. The number of sulfone groups is 1. The van der Waals surface area contributed by atoms with Crippen molar-refractivity contribution in [3.05, 3.63) is 36.4 Å². The molecule has 0 aliphatic heterocycles. The number of thiazole rings is 1. The molecule has 8 nitrogen and oxygen atoms in total. The number of fused-ring (bicyclic) bond motifs is 1. The minimum atomic E-state index is -3.31. The molecule has 3 rings (SSSR count). The Hall–Kier alpha value is -2.30. The van der Waals surface area contributed by atoms with Crippen LogP contribution in [0.2, 0.25) is 0 Å². The number of benzene rings is 1. The SMILES string of the molecule is CN(C)CCN(C(=O)c1nccn1C)c1nc2ccc(S(C)(=O)=O)cc2s1. The molecule has 0 spiro atoms. The van der Waals surface area contributed by atoms with Gasteiger partial charge < -0.3 is 9.47 Å². The summed E-state index contributed by atoms with van der Waals surface area (Å²) in [7, 11) is 2.32. The van der Waals surface area contributed by atoms with Crippen LogP contribution >= 0.6 is 11.3 Å². The van der Waals surface area contributed by atoms with Crippen LogP contribution in [0, 0.1) is 0 Å². The van der Waals surface area contributed by atoms with Crippen molar-refractivity contribution in [3.8, 4) is 0 Å². The van der Waals surface area contributed by atoms with E-state index in [4.69, 9.17) is 0 Å². The molecule has 0 aliphatic carbocycles. The number of rotatable bonds is 6. The van der Waals surface area contributed by atoms with E-state index in [1.165, 1.54) is 23.7 Å². The molecular weight excluding hydrogens is 386 g/mol. The third-order valence-electron chi connectivity index (χ3n) is 4.04. The highest BCUT2D eigenvalue weighted by Gasteiger charge is 2.24. The van der Waals surface area contributed by atoms with Crippen molar-refractivity contribution in [1.82, 2.24) is 19.4 Å². The van der Waals surface area contributed by atoms with E-state index in [-0.39, 0.29) is 10.8 Å². The Balaban J connectivity index is 2.03. The number of hydrogen-bond acceptors (Lipinski definition) is 7. The number of anilines is 1. The molecule has 0 saturated heterocycles. The van der Waals surface area contributed by atoms with Crippen LogP contribution < -0.4 is 4.90 Å². The van der Waals surface area contributed by atoms with Crippen molar-refractivity contribution in [2.24, 2.45) is 7.05 Å². The summed E-state index contributed by atoms with van der Waals surface area (Å²) < 4.78 is 26.0. The summed E-state index contributed by atoms with van der Waals surface area (Å²) in [5.41, 5.74) is 0.657. The molecule has 0 atom stereocenters. The normalized spacial score (nSPS) is 12.0. The number of aromatic nitrogens is 3. The molecule has 0 unspecified atom stereocenters. The van der Waals surface area contributed by atoms with Gasteiger partial charge in [-0.25, -0.2) is 18.4 Å². The van der Waals surface area contributed by atoms with Crippen LogP contribution in [0.5, 0.6) is 0 Å². The lowest BCUT2D eigenvalue weighted by Gasteiger charge is -2.21. The smallest absolute Gasteiger partial charge is 0.296 e. The average Bonchev–Trinajstić information content (AvgIpc) is 3.18. The van der Waals surface area contributed by atoms with Gasteiger partial charge in [0.2, 0.25) is 0 Å². The van der Waals surface area contributed by atoms with Gasteiger partial charge in [0, 0.05) is 38.8 Å². The molecule has 10 heteroatoms. The van der Waals surface area contributed by atoms with E-state index >= 15 is 0 Å². The molecule has 144 valence electrons. The van der Waals surface area contributed by atoms with Gasteiger partial charge in [-0.15, -0.1) is 0 Å². The summed E-state index contributed by atoms with van der Waals surface area (Å²) in [5, 5.41) is 0.519. The van der Waals surface area contributed by atoms with Crippen molar-refractivity contribution in [1.29, 1.82) is 0 Å². The molecular formula is C17H21N5O3S2. The summed E-state index contributed by atoms with van der Waals surface area (Å²) >= 11 is 1.29. The molecule has 1 aromatic carbocycles. The molecule has 2 heterocycles. The molecule has 0 N–H and O–H groups in total. The summed E-state index contributed by atoms with van der Waals surface area (Å²) in [6, 6.07) is 4.80. The highest BCUT2D eigenvalue weighted by molar-refractivity contribution is 7.90. The molecule has 27 heavy (non-hydrogen) atoms. The van der Waals surface area contributed by atoms with Crippen molar-refractivity contribution in [2.75, 3.05) is 38.3 Å². The molecule has 0 fully saturated rings. The minimum Gasteiger partial charge on any atom is -0.330 e. The third kappa shape index (κ3) is 4.18. The second-order valence-electron chi connectivity index (χ2n) is 6.52. The number of imidazole rings is 1. The summed E-state index contributed by atoms with van der Waals surface area (Å²) in [6.45, 7) is 1.10. The average molecular weight is 408 g/mol. The zero-order chi connectivity index (χ0) is 19.8. The highest BCUT2D eigenvalue weighted by Crippen LogP contribution is 2.31. The predicted octanol–water partition coefficient (Wildman–Crippen LogP) is 1.64. The Kier molecular flexibility index (Phi) is 5.31. The highest BCUT2D eigenvalue weighted by atomic mass is 32.2. The van der Waals surface area contributed by atoms with Gasteiger partial charge >= 0.3 is 0 Å². The van der Waals surface area contributed by atoms with Crippen LogP contribution in [-0.4, -0.2) is 67.2 Å². The lowest BCUT2D eigenvalue weighted by atomic mass is 10.3. The van der Waals surface area contributed by atoms with Gasteiger partial charge in [-0.2, -0.15) is 0 Å². The van der Waals surface area contributed by atoms with Gasteiger partial charge in [0.25, 0.3) is 5.91 Å². The first-order valence-electron chi connectivity index (χ1n) is 8.21. The first kappa shape index (κ1) is 19.5. The topological polar surface area (TPSA) is 88.4 Å². The van der Waals surface area contributed by atoms with Gasteiger partial charge in [0.15, 0.2) is 20.8 Å². The predicted molar refractivity (Wildman–Crippen MR) is 106 cm³/mol. The minimum absolute atomic E-state index is 0.237. The molecule has 1 amide bonds. The van der Waals surface area contributed by atoms with Crippen LogP contribution in [0.3, 0.4) is 0 Å². The molecule has 0 radical (unpaired) electrons. The maximum Gasteiger partial charge on any atom is 0.296 e. The number of aryl methyl sites for hydroxylation is 1. The monoisotopic (exact) mass is 407 g/mol. The lowest BCUT2D eigenvalue weighted by molar-refractivity contribution is 0.0972. The van der Waals surface area contributed by atoms with Gasteiger partial charge in [-0.05, 0) is 32.3 Å². The number of amides is 1. The van der Waals surface area contributed by atoms with Crippen LogP contribution in [-0.2, 0) is 16.9 Å². The van der Waals surface area contributed by atoms with Gasteiger partial charge in [-0.1, -0.05) is 11.3 Å². The van der Waals surface area contributed by atoms with Crippen LogP contribution in [0.15, 0.2) is 35.5 Å². The van der Waals surface area contributed by atoms with Gasteiger partial charge in [0.05, 0.1) is 15.1 Å². The number of carbonyl (C=O) groups is 1. The quantitative estimate of drug-likeness (QED) is 0.617.